The van der Waals surface area contributed by atoms with Gasteiger partial charge in [-0.3, -0.25) is 4.55 Å². The Balaban J connectivity index is 2.06. The molecule has 0 saturated carbocycles. The number of hydrogen-bond donors (Lipinski definition) is 2. The second-order valence-corrected chi connectivity index (χ2v) is 8.39. The zero-order chi connectivity index (χ0) is 20.4. The van der Waals surface area contributed by atoms with Gasteiger partial charge in [0.05, 0.1) is 0 Å². The van der Waals surface area contributed by atoms with Crippen molar-refractivity contribution in [2.45, 2.75) is 69.6 Å². The fourth-order valence-corrected chi connectivity index (χ4v) is 3.96. The third-order valence-corrected chi connectivity index (χ3v) is 5.67. The Hall–Kier alpha value is -2.05. The van der Waals surface area contributed by atoms with Crippen molar-refractivity contribution in [3.8, 4) is 17.2 Å². The Labute approximate surface area is 168 Å². The summed E-state index contributed by atoms with van der Waals surface area (Å²) in [5.74, 6) is 0.477. The highest BCUT2D eigenvalue weighted by molar-refractivity contribution is 7.85. The van der Waals surface area contributed by atoms with E-state index in [9.17, 15) is 18.1 Å². The maximum Gasteiger partial charge on any atom is 0.294 e. The van der Waals surface area contributed by atoms with Gasteiger partial charge in [-0.2, -0.15) is 8.42 Å². The third kappa shape index (κ3) is 6.84. The maximum absolute atomic E-state index is 11.7. The first kappa shape index (κ1) is 22.2. The number of phenolic OH excluding ortho intramolecular Hbond substituents is 1. The van der Waals surface area contributed by atoms with Gasteiger partial charge in [-0.15, -0.1) is 0 Å². The lowest BCUT2D eigenvalue weighted by atomic mass is 10.0. The molecule has 5 nitrogen and oxygen atoms in total. The van der Waals surface area contributed by atoms with Crippen molar-refractivity contribution < 1.29 is 22.8 Å². The summed E-state index contributed by atoms with van der Waals surface area (Å²) in [6.07, 6.45) is 9.23. The quantitative estimate of drug-likeness (QED) is 0.328. The second kappa shape index (κ2) is 11.1. The Bertz CT molecular complexity index is 832. The largest absolute Gasteiger partial charge is 0.504 e. The minimum atomic E-state index is -4.42. The van der Waals surface area contributed by atoms with Crippen LogP contribution in [0.2, 0.25) is 0 Å². The van der Waals surface area contributed by atoms with Gasteiger partial charge in [-0.25, -0.2) is 0 Å². The fourth-order valence-electron chi connectivity index (χ4n) is 3.21. The normalized spacial score (nSPS) is 11.5. The van der Waals surface area contributed by atoms with E-state index in [-0.39, 0.29) is 22.0 Å². The first-order valence-electron chi connectivity index (χ1n) is 9.98. The molecule has 0 bridgehead atoms. The maximum atomic E-state index is 11.7. The van der Waals surface area contributed by atoms with Crippen LogP contribution in [0, 0.1) is 0 Å². The smallest absolute Gasteiger partial charge is 0.294 e. The molecule has 0 heterocycles. The Kier molecular flexibility index (Phi) is 8.80. The summed E-state index contributed by atoms with van der Waals surface area (Å²) in [6.45, 7) is 2.19. The number of ether oxygens (including phenoxy) is 1. The van der Waals surface area contributed by atoms with Crippen molar-refractivity contribution in [2.75, 3.05) is 0 Å². The molecule has 0 aromatic heterocycles. The molecule has 2 N–H and O–H groups in total. The van der Waals surface area contributed by atoms with Gasteiger partial charge in [0.25, 0.3) is 10.1 Å². The minimum Gasteiger partial charge on any atom is -0.504 e. The first-order valence-corrected chi connectivity index (χ1v) is 11.4. The Morgan fingerprint density at radius 3 is 2.07 bits per heavy atom. The van der Waals surface area contributed by atoms with Crippen molar-refractivity contribution >= 4 is 10.1 Å². The molecule has 0 fully saturated rings. The first-order chi connectivity index (χ1) is 13.4. The zero-order valence-corrected chi connectivity index (χ0v) is 17.2. The van der Waals surface area contributed by atoms with E-state index in [0.717, 1.165) is 25.7 Å². The molecule has 6 heteroatoms. The summed E-state index contributed by atoms with van der Waals surface area (Å²) in [7, 11) is -4.42. The molecule has 2 aromatic carbocycles. The van der Waals surface area contributed by atoms with Crippen LogP contribution in [0.1, 0.15) is 63.9 Å². The van der Waals surface area contributed by atoms with Crippen LogP contribution in [0.15, 0.2) is 47.4 Å². The van der Waals surface area contributed by atoms with E-state index >= 15 is 0 Å². The summed E-state index contributed by atoms with van der Waals surface area (Å²) in [5.41, 5.74) is 0.210. The third-order valence-electron chi connectivity index (χ3n) is 4.73. The summed E-state index contributed by atoms with van der Waals surface area (Å²) in [5, 5.41) is 10.6. The van der Waals surface area contributed by atoms with Gasteiger partial charge in [0.15, 0.2) is 11.5 Å². The number of hydrogen-bond acceptors (Lipinski definition) is 4. The molecule has 2 aromatic rings. The molecule has 154 valence electrons. The molecule has 0 aliphatic carbocycles. The minimum absolute atomic E-state index is 0.174. The topological polar surface area (TPSA) is 83.8 Å². The molecule has 2 rings (SSSR count). The number of para-hydroxylation sites is 1. The number of phenols is 1. The van der Waals surface area contributed by atoms with E-state index in [1.165, 1.54) is 37.8 Å². The van der Waals surface area contributed by atoms with Crippen molar-refractivity contribution in [3.63, 3.8) is 0 Å². The number of unbranched alkanes of at least 4 members (excludes halogenated alkanes) is 7. The van der Waals surface area contributed by atoms with Gasteiger partial charge in [-0.05, 0) is 37.1 Å². The number of benzene rings is 2. The van der Waals surface area contributed by atoms with E-state index in [4.69, 9.17) is 4.74 Å². The monoisotopic (exact) mass is 406 g/mol. The Morgan fingerprint density at radius 2 is 1.46 bits per heavy atom. The lowest BCUT2D eigenvalue weighted by Gasteiger charge is -2.14. The predicted octanol–water partition coefficient (Wildman–Crippen LogP) is 6.11. The number of aromatic hydroxyl groups is 1. The highest BCUT2D eigenvalue weighted by Gasteiger charge is 2.21. The molecule has 0 aliphatic rings. The van der Waals surface area contributed by atoms with Crippen LogP contribution in [-0.2, 0) is 16.5 Å². The van der Waals surface area contributed by atoms with Crippen LogP contribution in [0.25, 0.3) is 0 Å². The molecule has 0 amide bonds. The van der Waals surface area contributed by atoms with E-state index < -0.39 is 10.1 Å². The molecule has 0 unspecified atom stereocenters. The lowest BCUT2D eigenvalue weighted by molar-refractivity contribution is 0.402. The van der Waals surface area contributed by atoms with Crippen LogP contribution >= 0.6 is 0 Å². The summed E-state index contributed by atoms with van der Waals surface area (Å²) < 4.78 is 38.6. The van der Waals surface area contributed by atoms with Gasteiger partial charge in [0, 0.05) is 5.56 Å². The molecule has 0 saturated heterocycles. The van der Waals surface area contributed by atoms with Gasteiger partial charge in [0.1, 0.15) is 10.6 Å². The average Bonchev–Trinajstić information content (AvgIpc) is 2.66. The molecule has 0 radical (unpaired) electrons. The summed E-state index contributed by atoms with van der Waals surface area (Å²) in [6, 6.07) is 11.6. The van der Waals surface area contributed by atoms with Gasteiger partial charge in [0.2, 0.25) is 0 Å². The highest BCUT2D eigenvalue weighted by atomic mass is 32.2. The molecule has 0 spiro atoms. The van der Waals surface area contributed by atoms with Crippen LogP contribution in [0.4, 0.5) is 0 Å². The molecular formula is C22H30O5S. The van der Waals surface area contributed by atoms with Crippen LogP contribution in [-0.4, -0.2) is 18.1 Å². The van der Waals surface area contributed by atoms with E-state index in [1.54, 1.807) is 24.3 Å². The summed E-state index contributed by atoms with van der Waals surface area (Å²) >= 11 is 0. The zero-order valence-electron chi connectivity index (χ0n) is 16.4. The average molecular weight is 407 g/mol. The van der Waals surface area contributed by atoms with E-state index in [2.05, 4.69) is 6.92 Å². The SMILES string of the molecule is CCCCCCCCCCc1c(S(=O)(=O)O)ccc(Oc2ccccc2)c1O. The molecule has 28 heavy (non-hydrogen) atoms. The van der Waals surface area contributed by atoms with Crippen molar-refractivity contribution in [2.24, 2.45) is 0 Å². The summed E-state index contributed by atoms with van der Waals surface area (Å²) in [4.78, 5) is -0.256. The van der Waals surface area contributed by atoms with E-state index in [1.807, 2.05) is 6.07 Å². The van der Waals surface area contributed by atoms with Gasteiger partial charge in [-0.1, -0.05) is 70.1 Å². The van der Waals surface area contributed by atoms with E-state index in [0.29, 0.717) is 12.2 Å². The van der Waals surface area contributed by atoms with Crippen LogP contribution < -0.4 is 4.74 Å². The standard InChI is InChI=1S/C22H30O5S/c1-2-3-4-5-6-7-8-12-15-19-21(28(24,25)26)17-16-20(22(19)23)27-18-13-10-9-11-14-18/h9-11,13-14,16-17,23H,2-8,12,15H2,1H3,(H,24,25,26). The predicted molar refractivity (Wildman–Crippen MR) is 111 cm³/mol. The van der Waals surface area contributed by atoms with Gasteiger partial charge < -0.3 is 9.84 Å². The molecule has 0 aliphatic heterocycles. The Morgan fingerprint density at radius 1 is 0.857 bits per heavy atom. The highest BCUT2D eigenvalue weighted by Crippen LogP contribution is 2.38. The van der Waals surface area contributed by atoms with Crippen molar-refractivity contribution in [1.29, 1.82) is 0 Å². The number of rotatable bonds is 12. The van der Waals surface area contributed by atoms with Crippen LogP contribution in [0.5, 0.6) is 17.2 Å². The second-order valence-electron chi connectivity index (χ2n) is 7.00. The van der Waals surface area contributed by atoms with Crippen molar-refractivity contribution in [3.05, 3.63) is 48.0 Å². The molecular weight excluding hydrogens is 376 g/mol. The fraction of sp³-hybridized carbons (Fsp3) is 0.455. The van der Waals surface area contributed by atoms with Crippen LogP contribution in [0.3, 0.4) is 0 Å². The van der Waals surface area contributed by atoms with Gasteiger partial charge >= 0.3 is 0 Å². The lowest BCUT2D eigenvalue weighted by Crippen LogP contribution is -2.04. The molecule has 0 atom stereocenters. The van der Waals surface area contributed by atoms with Crippen molar-refractivity contribution in [1.82, 2.24) is 0 Å².